The molecule has 0 radical (unpaired) electrons. The molecule has 3 aromatic rings. The molecule has 2 N–H and O–H groups in total. The number of hydrogen-bond donors (Lipinski definition) is 2. The highest BCUT2D eigenvalue weighted by molar-refractivity contribution is 5.97. The lowest BCUT2D eigenvalue weighted by atomic mass is 10.1. The van der Waals surface area contributed by atoms with Crippen molar-refractivity contribution in [2.75, 3.05) is 0 Å². The molecule has 118 valence electrons. The van der Waals surface area contributed by atoms with Gasteiger partial charge in [0.15, 0.2) is 0 Å². The van der Waals surface area contributed by atoms with Crippen LogP contribution in [-0.2, 0) is 12.7 Å². The van der Waals surface area contributed by atoms with Crippen LogP contribution in [0.2, 0.25) is 0 Å². The maximum atomic E-state index is 12.7. The van der Waals surface area contributed by atoms with E-state index in [-0.39, 0.29) is 12.5 Å². The predicted molar refractivity (Wildman–Crippen MR) is 78.7 cm³/mol. The van der Waals surface area contributed by atoms with Crippen LogP contribution in [0.1, 0.15) is 21.5 Å². The highest BCUT2D eigenvalue weighted by Gasteiger charge is 2.30. The summed E-state index contributed by atoms with van der Waals surface area (Å²) in [5, 5.41) is 10.0. The van der Waals surface area contributed by atoms with Crippen LogP contribution >= 0.6 is 0 Å². The molecule has 0 unspecified atom stereocenters. The first-order valence-corrected chi connectivity index (χ1v) is 6.81. The van der Waals surface area contributed by atoms with E-state index < -0.39 is 11.7 Å². The Morgan fingerprint density at radius 2 is 2.00 bits per heavy atom. The smallest absolute Gasteiger partial charge is 0.348 e. The Morgan fingerprint density at radius 3 is 2.78 bits per heavy atom. The van der Waals surface area contributed by atoms with Gasteiger partial charge >= 0.3 is 6.18 Å². The van der Waals surface area contributed by atoms with E-state index >= 15 is 0 Å². The molecule has 0 atom stereocenters. The number of fused-ring (bicyclic) bond motifs is 1. The van der Waals surface area contributed by atoms with Crippen LogP contribution in [0.5, 0.6) is 0 Å². The molecule has 23 heavy (non-hydrogen) atoms. The summed E-state index contributed by atoms with van der Waals surface area (Å²) in [5.74, 6) is -0.356. The zero-order valence-corrected chi connectivity index (χ0v) is 11.8. The van der Waals surface area contributed by atoms with E-state index in [4.69, 9.17) is 0 Å². The van der Waals surface area contributed by atoms with Crippen molar-refractivity contribution in [3.8, 4) is 0 Å². The number of nitrogens with one attached hydrogen (secondary N) is 2. The number of H-pyrrole nitrogens is 1. The van der Waals surface area contributed by atoms with Crippen molar-refractivity contribution >= 4 is 16.8 Å². The highest BCUT2D eigenvalue weighted by Crippen LogP contribution is 2.29. The van der Waals surface area contributed by atoms with Gasteiger partial charge in [0.25, 0.3) is 5.91 Å². The number of aromatic nitrogens is 2. The number of carbonyl (C=O) groups excluding carboxylic acids is 1. The Labute approximate surface area is 129 Å². The van der Waals surface area contributed by atoms with Gasteiger partial charge in [-0.3, -0.25) is 9.89 Å². The number of nitrogens with zero attached hydrogens (tertiary/aromatic N) is 1. The summed E-state index contributed by atoms with van der Waals surface area (Å²) in [4.78, 5) is 12.1. The molecule has 0 saturated heterocycles. The molecule has 1 amide bonds. The number of carbonyl (C=O) groups is 1. The first-order chi connectivity index (χ1) is 10.9. The van der Waals surface area contributed by atoms with Crippen molar-refractivity contribution < 1.29 is 18.0 Å². The first kappa shape index (κ1) is 15.1. The van der Waals surface area contributed by atoms with Crippen molar-refractivity contribution in [1.29, 1.82) is 0 Å². The Bertz CT molecular complexity index is 855. The van der Waals surface area contributed by atoms with Gasteiger partial charge < -0.3 is 5.32 Å². The minimum atomic E-state index is -4.40. The molecule has 0 aliphatic heterocycles. The van der Waals surface area contributed by atoms with Crippen molar-refractivity contribution in [1.82, 2.24) is 15.5 Å². The summed E-state index contributed by atoms with van der Waals surface area (Å²) in [6, 6.07) is 9.90. The quantitative estimate of drug-likeness (QED) is 0.776. The van der Waals surface area contributed by atoms with Gasteiger partial charge in [0.1, 0.15) is 0 Å². The van der Waals surface area contributed by atoms with Crippen LogP contribution in [-0.4, -0.2) is 16.1 Å². The number of aromatic amines is 1. The Kier molecular flexibility index (Phi) is 3.77. The third-order valence-electron chi connectivity index (χ3n) is 3.41. The van der Waals surface area contributed by atoms with Gasteiger partial charge in [-0.15, -0.1) is 0 Å². The van der Waals surface area contributed by atoms with Gasteiger partial charge in [-0.2, -0.15) is 18.3 Å². The largest absolute Gasteiger partial charge is 0.416 e. The van der Waals surface area contributed by atoms with Crippen LogP contribution in [0.25, 0.3) is 10.9 Å². The number of halogens is 3. The van der Waals surface area contributed by atoms with Gasteiger partial charge in [-0.1, -0.05) is 12.1 Å². The normalized spacial score (nSPS) is 11.6. The number of alkyl halides is 3. The SMILES string of the molecule is O=C(NCc1cccc(C(F)(F)F)c1)c1ccc2[nH]ncc2c1. The van der Waals surface area contributed by atoms with E-state index in [1.807, 2.05) is 0 Å². The zero-order chi connectivity index (χ0) is 16.4. The van der Waals surface area contributed by atoms with E-state index in [1.165, 1.54) is 12.1 Å². The van der Waals surface area contributed by atoms with E-state index in [1.54, 1.807) is 24.4 Å². The van der Waals surface area contributed by atoms with Crippen molar-refractivity contribution in [3.05, 3.63) is 65.4 Å². The van der Waals surface area contributed by atoms with Crippen molar-refractivity contribution in [3.63, 3.8) is 0 Å². The molecule has 2 aromatic carbocycles. The van der Waals surface area contributed by atoms with Gasteiger partial charge in [0.05, 0.1) is 17.3 Å². The monoisotopic (exact) mass is 319 g/mol. The minimum absolute atomic E-state index is 0.0200. The maximum absolute atomic E-state index is 12.7. The molecular formula is C16H12F3N3O. The van der Waals surface area contributed by atoms with Gasteiger partial charge in [-0.05, 0) is 35.9 Å². The molecule has 0 saturated carbocycles. The first-order valence-electron chi connectivity index (χ1n) is 6.81. The zero-order valence-electron chi connectivity index (χ0n) is 11.8. The number of rotatable bonds is 3. The lowest BCUT2D eigenvalue weighted by Crippen LogP contribution is -2.23. The molecule has 0 spiro atoms. The van der Waals surface area contributed by atoms with Gasteiger partial charge in [-0.25, -0.2) is 0 Å². The van der Waals surface area contributed by atoms with Crippen molar-refractivity contribution in [2.24, 2.45) is 0 Å². The Balaban J connectivity index is 1.71. The standard InChI is InChI=1S/C16H12F3N3O/c17-16(18,19)13-3-1-2-10(6-13)8-20-15(23)11-4-5-14-12(7-11)9-21-22-14/h1-7,9H,8H2,(H,20,23)(H,21,22). The van der Waals surface area contributed by atoms with Crippen LogP contribution in [0, 0.1) is 0 Å². The summed E-state index contributed by atoms with van der Waals surface area (Å²) in [6.45, 7) is 0.0200. The molecule has 1 aromatic heterocycles. The predicted octanol–water partition coefficient (Wildman–Crippen LogP) is 3.51. The molecule has 4 nitrogen and oxygen atoms in total. The lowest BCUT2D eigenvalue weighted by molar-refractivity contribution is -0.137. The van der Waals surface area contributed by atoms with Crippen LogP contribution in [0.15, 0.2) is 48.7 Å². The molecule has 1 heterocycles. The molecular weight excluding hydrogens is 307 g/mol. The topological polar surface area (TPSA) is 57.8 Å². The summed E-state index contributed by atoms with van der Waals surface area (Å²) in [6.07, 6.45) is -2.80. The summed E-state index contributed by atoms with van der Waals surface area (Å²) in [7, 11) is 0. The Morgan fingerprint density at radius 1 is 1.17 bits per heavy atom. The average Bonchev–Trinajstić information content (AvgIpc) is 2.99. The van der Waals surface area contributed by atoms with Crippen LogP contribution in [0.3, 0.4) is 0 Å². The van der Waals surface area contributed by atoms with E-state index in [0.717, 1.165) is 23.0 Å². The third-order valence-corrected chi connectivity index (χ3v) is 3.41. The summed E-state index contributed by atoms with van der Waals surface area (Å²) >= 11 is 0. The van der Waals surface area contributed by atoms with Crippen LogP contribution < -0.4 is 5.32 Å². The van der Waals surface area contributed by atoms with E-state index in [2.05, 4.69) is 15.5 Å². The molecule has 0 bridgehead atoms. The summed E-state index contributed by atoms with van der Waals surface area (Å²) < 4.78 is 38.0. The fourth-order valence-electron chi connectivity index (χ4n) is 2.23. The van der Waals surface area contributed by atoms with Gasteiger partial charge in [0, 0.05) is 17.5 Å². The second-order valence-electron chi connectivity index (χ2n) is 5.05. The number of benzene rings is 2. The highest BCUT2D eigenvalue weighted by atomic mass is 19.4. The molecule has 7 heteroatoms. The van der Waals surface area contributed by atoms with E-state index in [0.29, 0.717) is 11.1 Å². The fraction of sp³-hybridized carbons (Fsp3) is 0.125. The average molecular weight is 319 g/mol. The second kappa shape index (κ2) is 5.75. The van der Waals surface area contributed by atoms with E-state index in [9.17, 15) is 18.0 Å². The molecule has 0 fully saturated rings. The Hall–Kier alpha value is -2.83. The second-order valence-corrected chi connectivity index (χ2v) is 5.05. The maximum Gasteiger partial charge on any atom is 0.416 e. The fourth-order valence-corrected chi connectivity index (χ4v) is 2.23. The third kappa shape index (κ3) is 3.33. The minimum Gasteiger partial charge on any atom is -0.348 e. The summed E-state index contributed by atoms with van der Waals surface area (Å²) in [5.41, 5.74) is 0.881. The molecule has 3 rings (SSSR count). The van der Waals surface area contributed by atoms with Crippen LogP contribution in [0.4, 0.5) is 13.2 Å². The number of hydrogen-bond acceptors (Lipinski definition) is 2. The lowest BCUT2D eigenvalue weighted by Gasteiger charge is -2.09. The number of amides is 1. The van der Waals surface area contributed by atoms with Gasteiger partial charge in [0.2, 0.25) is 0 Å². The molecule has 0 aliphatic carbocycles. The van der Waals surface area contributed by atoms with Crippen molar-refractivity contribution in [2.45, 2.75) is 12.7 Å². The molecule has 0 aliphatic rings.